The molecule has 1 aromatic carbocycles. The van der Waals surface area contributed by atoms with Gasteiger partial charge in [0.05, 0.1) is 0 Å². The lowest BCUT2D eigenvalue weighted by atomic mass is 9.82. The van der Waals surface area contributed by atoms with Gasteiger partial charge >= 0.3 is 0 Å². The van der Waals surface area contributed by atoms with Crippen molar-refractivity contribution in [3.8, 4) is 0 Å². The van der Waals surface area contributed by atoms with Crippen molar-refractivity contribution in [3.63, 3.8) is 0 Å². The Hall–Kier alpha value is -0.820. The Labute approximate surface area is 117 Å². The van der Waals surface area contributed by atoms with Gasteiger partial charge in [0, 0.05) is 6.04 Å². The first-order chi connectivity index (χ1) is 9.30. The van der Waals surface area contributed by atoms with E-state index >= 15 is 0 Å². The van der Waals surface area contributed by atoms with Crippen LogP contribution >= 0.6 is 0 Å². The van der Waals surface area contributed by atoms with Crippen LogP contribution in [0, 0.1) is 17.8 Å². The summed E-state index contributed by atoms with van der Waals surface area (Å²) in [4.78, 5) is 0. The Morgan fingerprint density at radius 1 is 1.16 bits per heavy atom. The molecular formula is C18H27N. The summed E-state index contributed by atoms with van der Waals surface area (Å²) in [6, 6.07) is 9.79. The number of benzene rings is 1. The van der Waals surface area contributed by atoms with Gasteiger partial charge in [-0.3, -0.25) is 0 Å². The van der Waals surface area contributed by atoms with E-state index in [-0.39, 0.29) is 0 Å². The van der Waals surface area contributed by atoms with Crippen LogP contribution in [0.25, 0.3) is 0 Å². The molecule has 0 aliphatic heterocycles. The van der Waals surface area contributed by atoms with Crippen molar-refractivity contribution in [2.45, 2.75) is 51.5 Å². The van der Waals surface area contributed by atoms with Crippen LogP contribution in [-0.2, 0) is 6.42 Å². The van der Waals surface area contributed by atoms with Crippen LogP contribution in [0.5, 0.6) is 0 Å². The fourth-order valence-corrected chi connectivity index (χ4v) is 4.37. The molecule has 1 N–H and O–H groups in total. The molecular weight excluding hydrogens is 230 g/mol. The van der Waals surface area contributed by atoms with Gasteiger partial charge in [-0.15, -0.1) is 0 Å². The highest BCUT2D eigenvalue weighted by molar-refractivity contribution is 5.25. The first-order valence-corrected chi connectivity index (χ1v) is 8.06. The summed E-state index contributed by atoms with van der Waals surface area (Å²) in [6.07, 6.45) is 8.50. The summed E-state index contributed by atoms with van der Waals surface area (Å²) in [6.45, 7) is 2.22. The van der Waals surface area contributed by atoms with Gasteiger partial charge < -0.3 is 5.32 Å². The van der Waals surface area contributed by atoms with E-state index in [1.165, 1.54) is 43.2 Å². The lowest BCUT2D eigenvalue weighted by Gasteiger charge is -2.27. The smallest absolute Gasteiger partial charge is 0.0320 e. The van der Waals surface area contributed by atoms with Gasteiger partial charge in [-0.1, -0.05) is 37.6 Å². The standard InChI is InChI=1S/C18H27N/c1-3-13-4-7-15(8-5-13)18(19-2)12-17-11-14-6-9-16(17)10-14/h4-5,7-8,14,16-19H,3,6,9-12H2,1-2H3. The summed E-state index contributed by atoms with van der Waals surface area (Å²) >= 11 is 0. The zero-order valence-corrected chi connectivity index (χ0v) is 12.4. The second kappa shape index (κ2) is 5.66. The summed E-state index contributed by atoms with van der Waals surface area (Å²) in [7, 11) is 2.12. The molecule has 4 unspecified atom stereocenters. The van der Waals surface area contributed by atoms with Crippen LogP contribution in [0.4, 0.5) is 0 Å². The summed E-state index contributed by atoms with van der Waals surface area (Å²) in [5.41, 5.74) is 2.92. The van der Waals surface area contributed by atoms with Gasteiger partial charge in [0.15, 0.2) is 0 Å². The molecule has 1 aromatic rings. The minimum Gasteiger partial charge on any atom is -0.313 e. The zero-order chi connectivity index (χ0) is 13.2. The molecule has 0 heterocycles. The van der Waals surface area contributed by atoms with Crippen molar-refractivity contribution in [1.29, 1.82) is 0 Å². The summed E-state index contributed by atoms with van der Waals surface area (Å²) in [5.74, 6) is 3.08. The van der Waals surface area contributed by atoms with E-state index in [1.807, 2.05) is 0 Å². The molecule has 2 bridgehead atoms. The lowest BCUT2D eigenvalue weighted by molar-refractivity contribution is 0.284. The van der Waals surface area contributed by atoms with Crippen molar-refractivity contribution in [1.82, 2.24) is 5.32 Å². The van der Waals surface area contributed by atoms with Crippen molar-refractivity contribution in [2.24, 2.45) is 17.8 Å². The second-order valence-electron chi connectivity index (χ2n) is 6.61. The number of nitrogens with one attached hydrogen (secondary N) is 1. The molecule has 2 saturated carbocycles. The van der Waals surface area contributed by atoms with Gasteiger partial charge in [0.1, 0.15) is 0 Å². The largest absolute Gasteiger partial charge is 0.313 e. The SMILES string of the molecule is CCc1ccc(C(CC2CC3CCC2C3)NC)cc1. The third-order valence-electron chi connectivity index (χ3n) is 5.56. The molecule has 1 heteroatoms. The fourth-order valence-electron chi connectivity index (χ4n) is 4.37. The van der Waals surface area contributed by atoms with Crippen LogP contribution in [0.3, 0.4) is 0 Å². The fraction of sp³-hybridized carbons (Fsp3) is 0.667. The second-order valence-corrected chi connectivity index (χ2v) is 6.61. The van der Waals surface area contributed by atoms with Crippen molar-refractivity contribution in [3.05, 3.63) is 35.4 Å². The molecule has 0 radical (unpaired) electrons. The molecule has 4 atom stereocenters. The molecule has 3 rings (SSSR count). The lowest BCUT2D eigenvalue weighted by Crippen LogP contribution is -2.22. The van der Waals surface area contributed by atoms with Gasteiger partial charge in [0.25, 0.3) is 0 Å². The average Bonchev–Trinajstić information content (AvgIpc) is 3.07. The normalized spacial score (nSPS) is 30.7. The average molecular weight is 257 g/mol. The Morgan fingerprint density at radius 3 is 2.47 bits per heavy atom. The molecule has 19 heavy (non-hydrogen) atoms. The number of hydrogen-bond donors (Lipinski definition) is 1. The van der Waals surface area contributed by atoms with Crippen molar-refractivity contribution in [2.75, 3.05) is 7.05 Å². The van der Waals surface area contributed by atoms with Crippen LogP contribution in [0.15, 0.2) is 24.3 Å². The number of rotatable bonds is 5. The predicted octanol–water partition coefficient (Wildman–Crippen LogP) is 4.34. The van der Waals surface area contributed by atoms with Crippen LogP contribution < -0.4 is 5.32 Å². The maximum atomic E-state index is 3.54. The molecule has 0 saturated heterocycles. The molecule has 2 fully saturated rings. The maximum absolute atomic E-state index is 3.54. The third-order valence-corrected chi connectivity index (χ3v) is 5.56. The van der Waals surface area contributed by atoms with Gasteiger partial charge in [-0.2, -0.15) is 0 Å². The topological polar surface area (TPSA) is 12.0 Å². The molecule has 0 amide bonds. The van der Waals surface area contributed by atoms with Crippen molar-refractivity contribution < 1.29 is 0 Å². The van der Waals surface area contributed by atoms with E-state index in [0.717, 1.165) is 24.2 Å². The Morgan fingerprint density at radius 2 is 1.95 bits per heavy atom. The number of hydrogen-bond acceptors (Lipinski definition) is 1. The van der Waals surface area contributed by atoms with E-state index < -0.39 is 0 Å². The Kier molecular flexibility index (Phi) is 3.93. The minimum absolute atomic E-state index is 0.551. The number of aryl methyl sites for hydroxylation is 1. The molecule has 2 aliphatic carbocycles. The van der Waals surface area contributed by atoms with E-state index in [1.54, 1.807) is 0 Å². The van der Waals surface area contributed by atoms with E-state index in [0.29, 0.717) is 6.04 Å². The Balaban J connectivity index is 1.66. The minimum atomic E-state index is 0.551. The Bertz CT molecular complexity index is 408. The van der Waals surface area contributed by atoms with Gasteiger partial charge in [-0.25, -0.2) is 0 Å². The van der Waals surface area contributed by atoms with Crippen molar-refractivity contribution >= 4 is 0 Å². The number of fused-ring (bicyclic) bond motifs is 2. The summed E-state index contributed by atoms with van der Waals surface area (Å²) < 4.78 is 0. The monoisotopic (exact) mass is 257 g/mol. The van der Waals surface area contributed by atoms with E-state index in [2.05, 4.69) is 43.6 Å². The first-order valence-electron chi connectivity index (χ1n) is 8.06. The van der Waals surface area contributed by atoms with Crippen LogP contribution in [0.1, 0.15) is 56.2 Å². The maximum Gasteiger partial charge on any atom is 0.0320 e. The molecule has 0 aromatic heterocycles. The van der Waals surface area contributed by atoms with E-state index in [9.17, 15) is 0 Å². The highest BCUT2D eigenvalue weighted by Gasteiger charge is 2.40. The van der Waals surface area contributed by atoms with Crippen LogP contribution in [0.2, 0.25) is 0 Å². The molecule has 2 aliphatic rings. The van der Waals surface area contributed by atoms with Gasteiger partial charge in [0.2, 0.25) is 0 Å². The first kappa shape index (κ1) is 13.2. The van der Waals surface area contributed by atoms with Gasteiger partial charge in [-0.05, 0) is 68.0 Å². The molecule has 0 spiro atoms. The predicted molar refractivity (Wildman–Crippen MR) is 81.2 cm³/mol. The van der Waals surface area contributed by atoms with E-state index in [4.69, 9.17) is 0 Å². The highest BCUT2D eigenvalue weighted by Crippen LogP contribution is 2.50. The highest BCUT2D eigenvalue weighted by atomic mass is 14.9. The molecule has 104 valence electrons. The third kappa shape index (κ3) is 2.72. The zero-order valence-electron chi connectivity index (χ0n) is 12.4. The summed E-state index contributed by atoms with van der Waals surface area (Å²) in [5, 5.41) is 3.54. The quantitative estimate of drug-likeness (QED) is 0.827. The molecule has 1 nitrogen and oxygen atoms in total. The van der Waals surface area contributed by atoms with Crippen LogP contribution in [-0.4, -0.2) is 7.05 Å².